The minimum atomic E-state index is 0.367. The molecule has 0 aliphatic carbocycles. The quantitative estimate of drug-likeness (QED) is 0.732. The SMILES string of the molecule is CN1CCN(Cc2cc(-c3cnn(C)c3)no2)[C@H](c2ccccc2)C1. The first-order chi connectivity index (χ1) is 12.2. The predicted octanol–water partition coefficient (Wildman–Crippen LogP) is 2.56. The van der Waals surface area contributed by atoms with Crippen LogP contribution in [0.1, 0.15) is 17.4 Å². The maximum absolute atomic E-state index is 5.60. The molecule has 1 aliphatic rings. The maximum atomic E-state index is 5.60. The highest BCUT2D eigenvalue weighted by Crippen LogP contribution is 2.27. The van der Waals surface area contributed by atoms with E-state index in [1.54, 1.807) is 4.68 Å². The van der Waals surface area contributed by atoms with E-state index in [-0.39, 0.29) is 0 Å². The molecule has 0 bridgehead atoms. The van der Waals surface area contributed by atoms with Gasteiger partial charge in [0.15, 0.2) is 5.76 Å². The molecule has 0 N–H and O–H groups in total. The lowest BCUT2D eigenvalue weighted by Crippen LogP contribution is -2.46. The van der Waals surface area contributed by atoms with Crippen LogP contribution in [0.2, 0.25) is 0 Å². The van der Waals surface area contributed by atoms with E-state index in [4.69, 9.17) is 4.52 Å². The third kappa shape index (κ3) is 3.50. The molecule has 1 aromatic carbocycles. The second-order valence-corrected chi connectivity index (χ2v) is 6.74. The second kappa shape index (κ2) is 6.82. The van der Waals surface area contributed by atoms with E-state index in [9.17, 15) is 0 Å². The molecule has 6 nitrogen and oxygen atoms in total. The van der Waals surface area contributed by atoms with Gasteiger partial charge < -0.3 is 9.42 Å². The first-order valence-corrected chi connectivity index (χ1v) is 8.61. The van der Waals surface area contributed by atoms with Gasteiger partial charge in [0.25, 0.3) is 0 Å². The minimum Gasteiger partial charge on any atom is -0.359 e. The van der Waals surface area contributed by atoms with Crippen molar-refractivity contribution in [2.75, 3.05) is 26.7 Å². The third-order valence-corrected chi connectivity index (χ3v) is 4.80. The predicted molar refractivity (Wildman–Crippen MR) is 95.8 cm³/mol. The summed E-state index contributed by atoms with van der Waals surface area (Å²) < 4.78 is 7.37. The van der Waals surface area contributed by atoms with E-state index in [2.05, 4.69) is 57.4 Å². The van der Waals surface area contributed by atoms with E-state index in [0.29, 0.717) is 6.04 Å². The molecule has 1 fully saturated rings. The van der Waals surface area contributed by atoms with Crippen molar-refractivity contribution in [3.05, 3.63) is 60.1 Å². The van der Waals surface area contributed by atoms with Crippen LogP contribution in [0.3, 0.4) is 0 Å². The van der Waals surface area contributed by atoms with Gasteiger partial charge in [-0.25, -0.2) is 0 Å². The van der Waals surface area contributed by atoms with Gasteiger partial charge in [0, 0.05) is 50.6 Å². The molecule has 4 rings (SSSR count). The van der Waals surface area contributed by atoms with Gasteiger partial charge in [0.2, 0.25) is 0 Å². The summed E-state index contributed by atoms with van der Waals surface area (Å²) in [4.78, 5) is 4.86. The standard InChI is InChI=1S/C19H23N5O/c1-22-8-9-24(19(14-22)15-6-4-3-5-7-15)13-17-10-18(21-25-17)16-11-20-23(2)12-16/h3-7,10-12,19H,8-9,13-14H2,1-2H3/t19-/m0/s1. The average molecular weight is 337 g/mol. The topological polar surface area (TPSA) is 50.3 Å². The molecule has 6 heteroatoms. The number of likely N-dealkylation sites (N-methyl/N-ethyl adjacent to an activating group) is 1. The van der Waals surface area contributed by atoms with Gasteiger partial charge in [-0.1, -0.05) is 35.5 Å². The summed E-state index contributed by atoms with van der Waals surface area (Å²) in [6.07, 6.45) is 3.76. The number of aromatic nitrogens is 3. The summed E-state index contributed by atoms with van der Waals surface area (Å²) in [6, 6.07) is 13.1. The van der Waals surface area contributed by atoms with Crippen molar-refractivity contribution in [2.45, 2.75) is 12.6 Å². The highest BCUT2D eigenvalue weighted by molar-refractivity contribution is 5.56. The van der Waals surface area contributed by atoms with Gasteiger partial charge in [-0.05, 0) is 12.6 Å². The smallest absolute Gasteiger partial charge is 0.151 e. The van der Waals surface area contributed by atoms with Gasteiger partial charge in [0.05, 0.1) is 12.7 Å². The zero-order chi connectivity index (χ0) is 17.2. The van der Waals surface area contributed by atoms with Crippen LogP contribution in [0.5, 0.6) is 0 Å². The van der Waals surface area contributed by atoms with Gasteiger partial charge in [0.1, 0.15) is 5.69 Å². The van der Waals surface area contributed by atoms with E-state index in [0.717, 1.165) is 43.2 Å². The Morgan fingerprint density at radius 2 is 2.00 bits per heavy atom. The summed E-state index contributed by atoms with van der Waals surface area (Å²) in [6.45, 7) is 3.86. The summed E-state index contributed by atoms with van der Waals surface area (Å²) >= 11 is 0. The van der Waals surface area contributed by atoms with E-state index < -0.39 is 0 Å². The molecule has 1 atom stereocenters. The number of hydrogen-bond donors (Lipinski definition) is 0. The molecule has 0 saturated carbocycles. The second-order valence-electron chi connectivity index (χ2n) is 6.74. The molecule has 0 radical (unpaired) electrons. The normalized spacial score (nSPS) is 19.4. The highest BCUT2D eigenvalue weighted by Gasteiger charge is 2.27. The first kappa shape index (κ1) is 16.1. The summed E-state index contributed by atoms with van der Waals surface area (Å²) in [5, 5.41) is 8.41. The highest BCUT2D eigenvalue weighted by atomic mass is 16.5. The van der Waals surface area contributed by atoms with Crippen molar-refractivity contribution in [1.82, 2.24) is 24.7 Å². The number of benzene rings is 1. The number of hydrogen-bond acceptors (Lipinski definition) is 5. The van der Waals surface area contributed by atoms with Crippen LogP contribution >= 0.6 is 0 Å². The number of nitrogens with zero attached hydrogens (tertiary/aromatic N) is 5. The van der Waals surface area contributed by atoms with Crippen molar-refractivity contribution in [1.29, 1.82) is 0 Å². The molecular weight excluding hydrogens is 314 g/mol. The fraction of sp³-hybridized carbons (Fsp3) is 0.368. The number of piperazine rings is 1. The van der Waals surface area contributed by atoms with Crippen LogP contribution in [0, 0.1) is 0 Å². The lowest BCUT2D eigenvalue weighted by Gasteiger charge is -2.39. The monoisotopic (exact) mass is 337 g/mol. The molecule has 1 aliphatic heterocycles. The van der Waals surface area contributed by atoms with Crippen molar-refractivity contribution < 1.29 is 4.52 Å². The lowest BCUT2D eigenvalue weighted by molar-refractivity contribution is 0.0753. The van der Waals surface area contributed by atoms with Crippen molar-refractivity contribution in [3.63, 3.8) is 0 Å². The van der Waals surface area contributed by atoms with E-state index in [1.807, 2.05) is 25.5 Å². The van der Waals surface area contributed by atoms with Crippen molar-refractivity contribution in [2.24, 2.45) is 7.05 Å². The molecule has 2 aromatic heterocycles. The average Bonchev–Trinajstić information content (AvgIpc) is 3.26. The number of aryl methyl sites for hydroxylation is 1. The molecule has 3 heterocycles. The van der Waals surface area contributed by atoms with Gasteiger partial charge in [-0.15, -0.1) is 0 Å². The van der Waals surface area contributed by atoms with Crippen LogP contribution in [0.25, 0.3) is 11.3 Å². The largest absolute Gasteiger partial charge is 0.359 e. The van der Waals surface area contributed by atoms with Gasteiger partial charge in [-0.2, -0.15) is 5.10 Å². The lowest BCUT2D eigenvalue weighted by atomic mass is 10.0. The Bertz CT molecular complexity index is 825. The molecule has 130 valence electrons. The van der Waals surface area contributed by atoms with E-state index in [1.165, 1.54) is 5.56 Å². The molecule has 1 saturated heterocycles. The molecule has 3 aromatic rings. The van der Waals surface area contributed by atoms with Crippen LogP contribution in [-0.2, 0) is 13.6 Å². The molecule has 25 heavy (non-hydrogen) atoms. The zero-order valence-electron chi connectivity index (χ0n) is 14.7. The van der Waals surface area contributed by atoms with Gasteiger partial charge in [-0.3, -0.25) is 9.58 Å². The Kier molecular flexibility index (Phi) is 4.38. The zero-order valence-corrected chi connectivity index (χ0v) is 14.7. The van der Waals surface area contributed by atoms with E-state index >= 15 is 0 Å². The molecule has 0 spiro atoms. The van der Waals surface area contributed by atoms with Crippen LogP contribution in [-0.4, -0.2) is 51.4 Å². The molecular formula is C19H23N5O. The Balaban J connectivity index is 1.53. The molecule has 0 amide bonds. The first-order valence-electron chi connectivity index (χ1n) is 8.61. The summed E-state index contributed by atoms with van der Waals surface area (Å²) in [5.41, 5.74) is 3.17. The maximum Gasteiger partial charge on any atom is 0.151 e. The summed E-state index contributed by atoms with van der Waals surface area (Å²) in [7, 11) is 4.08. The van der Waals surface area contributed by atoms with Crippen molar-refractivity contribution >= 4 is 0 Å². The van der Waals surface area contributed by atoms with Gasteiger partial charge >= 0.3 is 0 Å². The summed E-state index contributed by atoms with van der Waals surface area (Å²) in [5.74, 6) is 0.893. The van der Waals surface area contributed by atoms with Crippen molar-refractivity contribution in [3.8, 4) is 11.3 Å². The van der Waals surface area contributed by atoms with Crippen LogP contribution in [0.15, 0.2) is 53.3 Å². The van der Waals surface area contributed by atoms with Crippen LogP contribution < -0.4 is 0 Å². The molecule has 0 unspecified atom stereocenters. The number of rotatable bonds is 4. The Labute approximate surface area is 147 Å². The fourth-order valence-electron chi connectivity index (χ4n) is 3.41. The minimum absolute atomic E-state index is 0.367. The Morgan fingerprint density at radius 3 is 2.76 bits per heavy atom. The third-order valence-electron chi connectivity index (χ3n) is 4.80. The Morgan fingerprint density at radius 1 is 1.16 bits per heavy atom. The van der Waals surface area contributed by atoms with Crippen LogP contribution in [0.4, 0.5) is 0 Å². The fourth-order valence-corrected chi connectivity index (χ4v) is 3.41. The Hall–Kier alpha value is -2.44.